The van der Waals surface area contributed by atoms with Crippen molar-refractivity contribution >= 4 is 11.3 Å². The Labute approximate surface area is 102 Å². The Balaban J connectivity index is 3.11. The average molecular weight is 232 g/mol. The molecule has 0 bridgehead atoms. The molecule has 1 rings (SSSR count). The summed E-state index contributed by atoms with van der Waals surface area (Å²) in [7, 11) is 0. The summed E-state index contributed by atoms with van der Waals surface area (Å²) in [6, 6.07) is 5.25. The molecule has 17 heavy (non-hydrogen) atoms. The molecule has 0 saturated heterocycles. The van der Waals surface area contributed by atoms with Gasteiger partial charge in [-0.15, -0.1) is 0 Å². The minimum atomic E-state index is 0.113. The lowest BCUT2D eigenvalue weighted by Crippen LogP contribution is -2.01. The molecule has 0 saturated carbocycles. The quantitative estimate of drug-likeness (QED) is 0.554. The molecule has 92 valence electrons. The van der Waals surface area contributed by atoms with Crippen LogP contribution in [0.4, 0.5) is 5.69 Å². The summed E-state index contributed by atoms with van der Waals surface area (Å²) in [6.45, 7) is 5.93. The van der Waals surface area contributed by atoms with E-state index in [4.69, 9.17) is 11.5 Å². The SMILES string of the molecule is C/C=C(/c1ccc(O)c(N)c1)C(C)/C=C(\C)N. The van der Waals surface area contributed by atoms with Crippen LogP contribution in [-0.4, -0.2) is 5.11 Å². The summed E-state index contributed by atoms with van der Waals surface area (Å²) in [5, 5.41) is 9.41. The van der Waals surface area contributed by atoms with Crippen molar-refractivity contribution in [1.82, 2.24) is 0 Å². The van der Waals surface area contributed by atoms with E-state index in [-0.39, 0.29) is 11.7 Å². The Morgan fingerprint density at radius 2 is 2.06 bits per heavy atom. The van der Waals surface area contributed by atoms with Gasteiger partial charge in [-0.2, -0.15) is 0 Å². The molecule has 0 aliphatic heterocycles. The van der Waals surface area contributed by atoms with Crippen LogP contribution in [-0.2, 0) is 0 Å². The number of hydrogen-bond donors (Lipinski definition) is 3. The smallest absolute Gasteiger partial charge is 0.138 e. The lowest BCUT2D eigenvalue weighted by Gasteiger charge is -2.14. The number of allylic oxidation sites excluding steroid dienone is 4. The van der Waals surface area contributed by atoms with Crippen molar-refractivity contribution < 1.29 is 5.11 Å². The Kier molecular flexibility index (Phi) is 4.21. The second-order valence-corrected chi connectivity index (χ2v) is 4.22. The van der Waals surface area contributed by atoms with Crippen molar-refractivity contribution in [2.75, 3.05) is 5.73 Å². The van der Waals surface area contributed by atoms with Gasteiger partial charge in [0.15, 0.2) is 0 Å². The first-order valence-corrected chi connectivity index (χ1v) is 5.64. The highest BCUT2D eigenvalue weighted by Crippen LogP contribution is 2.29. The molecule has 3 heteroatoms. The van der Waals surface area contributed by atoms with E-state index in [0.29, 0.717) is 5.69 Å². The maximum Gasteiger partial charge on any atom is 0.138 e. The third kappa shape index (κ3) is 3.28. The van der Waals surface area contributed by atoms with Crippen molar-refractivity contribution in [2.45, 2.75) is 20.8 Å². The number of phenolic OH excluding ortho intramolecular Hbond substituents is 1. The molecular weight excluding hydrogens is 212 g/mol. The van der Waals surface area contributed by atoms with E-state index >= 15 is 0 Å². The number of phenols is 1. The first kappa shape index (κ1) is 13.2. The van der Waals surface area contributed by atoms with Gasteiger partial charge in [-0.1, -0.05) is 25.1 Å². The maximum atomic E-state index is 9.41. The van der Waals surface area contributed by atoms with Gasteiger partial charge in [0.25, 0.3) is 0 Å². The summed E-state index contributed by atoms with van der Waals surface area (Å²) in [5.74, 6) is 0.330. The predicted octanol–water partition coefficient (Wildman–Crippen LogP) is 2.88. The van der Waals surface area contributed by atoms with Crippen LogP contribution in [0.2, 0.25) is 0 Å². The first-order valence-electron chi connectivity index (χ1n) is 5.64. The maximum absolute atomic E-state index is 9.41. The summed E-state index contributed by atoms with van der Waals surface area (Å²) >= 11 is 0. The fraction of sp³-hybridized carbons (Fsp3) is 0.286. The monoisotopic (exact) mass is 232 g/mol. The van der Waals surface area contributed by atoms with Crippen molar-refractivity contribution in [3.8, 4) is 5.75 Å². The van der Waals surface area contributed by atoms with Crippen LogP contribution in [0.1, 0.15) is 26.3 Å². The topological polar surface area (TPSA) is 72.3 Å². The molecule has 0 aliphatic carbocycles. The Morgan fingerprint density at radius 1 is 1.41 bits per heavy atom. The number of nitrogen functional groups attached to an aromatic ring is 1. The molecule has 3 nitrogen and oxygen atoms in total. The van der Waals surface area contributed by atoms with E-state index in [9.17, 15) is 5.11 Å². The average Bonchev–Trinajstić information content (AvgIpc) is 2.23. The third-order valence-electron chi connectivity index (χ3n) is 2.68. The number of aromatic hydroxyl groups is 1. The highest BCUT2D eigenvalue weighted by Gasteiger charge is 2.09. The fourth-order valence-corrected chi connectivity index (χ4v) is 1.91. The molecule has 1 aromatic carbocycles. The summed E-state index contributed by atoms with van der Waals surface area (Å²) in [5.41, 5.74) is 14.7. The van der Waals surface area contributed by atoms with E-state index < -0.39 is 0 Å². The number of rotatable bonds is 3. The van der Waals surface area contributed by atoms with Gasteiger partial charge in [-0.25, -0.2) is 0 Å². The normalized spacial score (nSPS) is 14.8. The first-order chi connectivity index (χ1) is 7.95. The van der Waals surface area contributed by atoms with E-state index in [1.165, 1.54) is 0 Å². The van der Waals surface area contributed by atoms with Gasteiger partial charge in [0.2, 0.25) is 0 Å². The zero-order chi connectivity index (χ0) is 13.0. The molecule has 1 aromatic rings. The molecule has 0 aliphatic rings. The highest BCUT2D eigenvalue weighted by atomic mass is 16.3. The molecule has 5 N–H and O–H groups in total. The van der Waals surface area contributed by atoms with Crippen LogP contribution in [0.15, 0.2) is 36.0 Å². The molecule has 1 atom stereocenters. The number of nitrogens with two attached hydrogens (primary N) is 2. The van der Waals surface area contributed by atoms with Crippen LogP contribution in [0, 0.1) is 5.92 Å². The Bertz CT molecular complexity index is 457. The van der Waals surface area contributed by atoms with Gasteiger partial charge in [0, 0.05) is 11.6 Å². The molecular formula is C14H20N2O. The van der Waals surface area contributed by atoms with Gasteiger partial charge < -0.3 is 16.6 Å². The zero-order valence-electron chi connectivity index (χ0n) is 10.6. The van der Waals surface area contributed by atoms with Crippen LogP contribution < -0.4 is 11.5 Å². The van der Waals surface area contributed by atoms with Crippen LogP contribution in [0.25, 0.3) is 5.57 Å². The molecule has 0 radical (unpaired) electrons. The largest absolute Gasteiger partial charge is 0.506 e. The number of benzene rings is 1. The van der Waals surface area contributed by atoms with Gasteiger partial charge in [0.05, 0.1) is 5.69 Å². The molecule has 1 unspecified atom stereocenters. The fourth-order valence-electron chi connectivity index (χ4n) is 1.91. The van der Waals surface area contributed by atoms with Crippen LogP contribution in [0.3, 0.4) is 0 Å². The highest BCUT2D eigenvalue weighted by molar-refractivity contribution is 5.72. The second-order valence-electron chi connectivity index (χ2n) is 4.22. The predicted molar refractivity (Wildman–Crippen MR) is 73.3 cm³/mol. The van der Waals surface area contributed by atoms with Crippen molar-refractivity contribution in [2.24, 2.45) is 11.7 Å². The van der Waals surface area contributed by atoms with E-state index in [1.54, 1.807) is 12.1 Å². The van der Waals surface area contributed by atoms with E-state index in [2.05, 4.69) is 6.92 Å². The minimum Gasteiger partial charge on any atom is -0.506 e. The second kappa shape index (κ2) is 5.43. The van der Waals surface area contributed by atoms with E-state index in [1.807, 2.05) is 32.1 Å². The summed E-state index contributed by atoms with van der Waals surface area (Å²) in [6.07, 6.45) is 4.04. The van der Waals surface area contributed by atoms with Crippen LogP contribution in [0.5, 0.6) is 5.75 Å². The zero-order valence-corrected chi connectivity index (χ0v) is 10.6. The molecule has 0 amide bonds. The van der Waals surface area contributed by atoms with Gasteiger partial charge >= 0.3 is 0 Å². The number of hydrogen-bond acceptors (Lipinski definition) is 3. The Hall–Kier alpha value is -1.90. The summed E-state index contributed by atoms with van der Waals surface area (Å²) in [4.78, 5) is 0. The molecule has 0 aromatic heterocycles. The third-order valence-corrected chi connectivity index (χ3v) is 2.68. The molecule has 0 fully saturated rings. The van der Waals surface area contributed by atoms with Crippen molar-refractivity contribution in [1.29, 1.82) is 0 Å². The Morgan fingerprint density at radius 3 is 2.53 bits per heavy atom. The summed E-state index contributed by atoms with van der Waals surface area (Å²) < 4.78 is 0. The number of anilines is 1. The molecule has 0 spiro atoms. The lowest BCUT2D eigenvalue weighted by atomic mass is 9.92. The molecule has 0 heterocycles. The van der Waals surface area contributed by atoms with Gasteiger partial charge in [0.1, 0.15) is 5.75 Å². The van der Waals surface area contributed by atoms with Gasteiger partial charge in [-0.05, 0) is 37.1 Å². The standard InChI is InChI=1S/C14H20N2O/c1-4-12(9(2)7-10(3)15)11-5-6-14(17)13(16)8-11/h4-9,17H,15-16H2,1-3H3/b10-7+,12-4+. The van der Waals surface area contributed by atoms with Gasteiger partial charge in [-0.3, -0.25) is 0 Å². The van der Waals surface area contributed by atoms with Crippen LogP contribution >= 0.6 is 0 Å². The lowest BCUT2D eigenvalue weighted by molar-refractivity contribution is 0.478. The minimum absolute atomic E-state index is 0.113. The van der Waals surface area contributed by atoms with E-state index in [0.717, 1.165) is 16.8 Å². The van der Waals surface area contributed by atoms with Crippen molar-refractivity contribution in [3.63, 3.8) is 0 Å². The van der Waals surface area contributed by atoms with Crippen molar-refractivity contribution in [3.05, 3.63) is 41.6 Å².